The largest absolute Gasteiger partial charge is 0.510 e. The summed E-state index contributed by atoms with van der Waals surface area (Å²) >= 11 is 0. The van der Waals surface area contributed by atoms with E-state index >= 15 is 0 Å². The first-order valence-electron chi connectivity index (χ1n) is 14.9. The zero-order valence-electron chi connectivity index (χ0n) is 25.4. The van der Waals surface area contributed by atoms with Crippen LogP contribution in [0, 0.1) is 11.8 Å². The third-order valence-corrected chi connectivity index (χ3v) is 9.67. The first-order valence-corrected chi connectivity index (χ1v) is 14.9. The topological polar surface area (TPSA) is 183 Å². The van der Waals surface area contributed by atoms with Crippen LogP contribution in [0.25, 0.3) is 11.1 Å². The molecule has 6 N–H and O–H groups in total. The van der Waals surface area contributed by atoms with Gasteiger partial charge in [-0.05, 0) is 67.7 Å². The Labute approximate surface area is 259 Å². The Kier molecular flexibility index (Phi) is 7.72. The number of likely N-dealkylation sites (N-methyl/N-ethyl adjacent to an activating group) is 1. The molecule has 1 fully saturated rings. The SMILES string of the molecule is COc1ccc(CN2CCOCC2)cc1-c1ccc(O)c2c1C[C@H]1C[C@@H]3[C@H](N(C)C)C(O)=C(C(N)=O)C(=O)[C@@]3(O)C(O)=C1C2=O. The highest BCUT2D eigenvalue weighted by atomic mass is 16.5. The number of fused-ring (bicyclic) bond motifs is 3. The molecule has 1 aliphatic heterocycles. The lowest BCUT2D eigenvalue weighted by atomic mass is 9.58. The second-order valence-corrected chi connectivity index (χ2v) is 12.4. The predicted octanol–water partition coefficient (Wildman–Crippen LogP) is 1.63. The van der Waals surface area contributed by atoms with Crippen molar-refractivity contribution >= 4 is 17.5 Å². The number of nitrogens with two attached hydrogens (primary N) is 1. The normalized spacial score (nSPS) is 26.9. The van der Waals surface area contributed by atoms with Gasteiger partial charge in [-0.3, -0.25) is 24.2 Å². The van der Waals surface area contributed by atoms with Crippen molar-refractivity contribution in [2.24, 2.45) is 17.6 Å². The number of phenols is 1. The van der Waals surface area contributed by atoms with Crippen molar-refractivity contribution in [2.75, 3.05) is 47.5 Å². The molecule has 2 aromatic rings. The number of hydrogen-bond acceptors (Lipinski definition) is 11. The van der Waals surface area contributed by atoms with Crippen molar-refractivity contribution in [3.05, 3.63) is 69.7 Å². The maximum Gasteiger partial charge on any atom is 0.255 e. The number of Topliss-reactive ketones (excluding diaryl/α,β-unsaturated/α-hetero) is 2. The number of primary amides is 1. The molecular weight excluding hydrogens is 582 g/mol. The Bertz CT molecular complexity index is 1670. The molecule has 238 valence electrons. The summed E-state index contributed by atoms with van der Waals surface area (Å²) in [4.78, 5) is 43.7. The fourth-order valence-corrected chi connectivity index (χ4v) is 7.58. The molecule has 1 heterocycles. The molecule has 3 aliphatic carbocycles. The number of amides is 1. The lowest BCUT2D eigenvalue weighted by molar-refractivity contribution is -0.148. The van der Waals surface area contributed by atoms with E-state index in [4.69, 9.17) is 15.2 Å². The Morgan fingerprint density at radius 2 is 1.82 bits per heavy atom. The van der Waals surface area contributed by atoms with Gasteiger partial charge in [0.15, 0.2) is 11.4 Å². The molecule has 4 aliphatic rings. The highest BCUT2D eigenvalue weighted by Gasteiger charge is 2.63. The number of aliphatic hydroxyl groups excluding tert-OH is 2. The maximum absolute atomic E-state index is 14.2. The maximum atomic E-state index is 14.2. The van der Waals surface area contributed by atoms with E-state index in [1.807, 2.05) is 18.2 Å². The molecule has 2 aromatic carbocycles. The van der Waals surface area contributed by atoms with E-state index in [-0.39, 0.29) is 29.7 Å². The van der Waals surface area contributed by atoms with Crippen LogP contribution in [-0.2, 0) is 27.3 Å². The van der Waals surface area contributed by atoms with Crippen LogP contribution in [0.15, 0.2) is 53.0 Å². The number of aromatic hydroxyl groups is 1. The molecule has 1 amide bonds. The summed E-state index contributed by atoms with van der Waals surface area (Å²) in [5.74, 6) is -6.28. The first-order chi connectivity index (χ1) is 21.4. The summed E-state index contributed by atoms with van der Waals surface area (Å²) in [6.07, 6.45) is 0.185. The average Bonchev–Trinajstić information content (AvgIpc) is 2.99. The van der Waals surface area contributed by atoms with Gasteiger partial charge in [0.1, 0.15) is 28.6 Å². The van der Waals surface area contributed by atoms with Crippen molar-refractivity contribution in [1.82, 2.24) is 9.80 Å². The summed E-state index contributed by atoms with van der Waals surface area (Å²) in [5, 5.41) is 45.4. The number of rotatable bonds is 6. The number of aliphatic hydroxyl groups is 3. The summed E-state index contributed by atoms with van der Waals surface area (Å²) in [6, 6.07) is 7.93. The standard InChI is InChI=1S/C33H37N3O9/c1-35(2)27-21-14-17-13-20-18(19-12-16(4-7-23(19)44-3)15-36-8-10-45-11-9-36)5-6-22(37)25(20)28(38)24(17)30(40)33(21,43)31(41)26(29(27)39)32(34)42/h4-7,12,17,21,27,37,39-40,43H,8-11,13-15H2,1-3H3,(H2,34,42)/t17-,21+,27-,33-/m0/s1. The number of carbonyl (C=O) groups excluding carboxylic acids is 3. The molecular formula is C33H37N3O9. The molecule has 45 heavy (non-hydrogen) atoms. The van der Waals surface area contributed by atoms with Crippen LogP contribution in [0.1, 0.15) is 27.9 Å². The zero-order chi connectivity index (χ0) is 32.4. The number of allylic oxidation sites excluding steroid dienone is 1. The second-order valence-electron chi connectivity index (χ2n) is 12.4. The number of hydrogen-bond donors (Lipinski definition) is 5. The average molecular weight is 620 g/mol. The van der Waals surface area contributed by atoms with Gasteiger partial charge < -0.3 is 35.6 Å². The minimum atomic E-state index is -2.69. The van der Waals surface area contributed by atoms with E-state index in [1.165, 1.54) is 11.0 Å². The fourth-order valence-electron chi connectivity index (χ4n) is 7.58. The van der Waals surface area contributed by atoms with Crippen LogP contribution in [0.5, 0.6) is 11.5 Å². The van der Waals surface area contributed by atoms with E-state index in [1.54, 1.807) is 27.3 Å². The number of carbonyl (C=O) groups is 3. The van der Waals surface area contributed by atoms with Crippen LogP contribution in [-0.4, -0.2) is 107 Å². The molecule has 0 unspecified atom stereocenters. The predicted molar refractivity (Wildman–Crippen MR) is 162 cm³/mol. The summed E-state index contributed by atoms with van der Waals surface area (Å²) < 4.78 is 11.2. The van der Waals surface area contributed by atoms with Crippen molar-refractivity contribution in [3.8, 4) is 22.6 Å². The van der Waals surface area contributed by atoms with Crippen LogP contribution in [0.3, 0.4) is 0 Å². The first kappa shape index (κ1) is 30.8. The molecule has 0 radical (unpaired) electrons. The van der Waals surface area contributed by atoms with E-state index < -0.39 is 58.0 Å². The molecule has 4 atom stereocenters. The highest BCUT2D eigenvalue weighted by molar-refractivity contribution is 6.25. The van der Waals surface area contributed by atoms with E-state index in [2.05, 4.69) is 4.90 Å². The van der Waals surface area contributed by atoms with Crippen molar-refractivity contribution in [2.45, 2.75) is 31.0 Å². The molecule has 6 rings (SSSR count). The summed E-state index contributed by atoms with van der Waals surface area (Å²) in [5.41, 5.74) is 4.60. The number of ketones is 2. The van der Waals surface area contributed by atoms with Gasteiger partial charge in [-0.2, -0.15) is 0 Å². The Morgan fingerprint density at radius 1 is 1.11 bits per heavy atom. The molecule has 12 nitrogen and oxygen atoms in total. The Hall–Kier alpha value is -4.23. The third kappa shape index (κ3) is 4.71. The molecule has 0 spiro atoms. The molecule has 0 saturated carbocycles. The van der Waals surface area contributed by atoms with Crippen LogP contribution in [0.4, 0.5) is 0 Å². The van der Waals surface area contributed by atoms with Gasteiger partial charge in [-0.1, -0.05) is 12.1 Å². The fraction of sp³-hybridized carbons (Fsp3) is 0.424. The van der Waals surface area contributed by atoms with Gasteiger partial charge in [0.25, 0.3) is 5.91 Å². The van der Waals surface area contributed by atoms with Gasteiger partial charge in [0.05, 0.1) is 31.9 Å². The molecule has 12 heteroatoms. The lowest BCUT2D eigenvalue weighted by Gasteiger charge is -2.50. The van der Waals surface area contributed by atoms with Gasteiger partial charge >= 0.3 is 0 Å². The Morgan fingerprint density at radius 3 is 2.47 bits per heavy atom. The van der Waals surface area contributed by atoms with Gasteiger partial charge in [0, 0.05) is 36.7 Å². The monoisotopic (exact) mass is 619 g/mol. The Balaban J connectivity index is 1.48. The van der Waals surface area contributed by atoms with Crippen molar-refractivity contribution < 1.29 is 44.3 Å². The zero-order valence-corrected chi connectivity index (χ0v) is 25.4. The van der Waals surface area contributed by atoms with Crippen molar-refractivity contribution in [1.29, 1.82) is 0 Å². The number of morpholine rings is 1. The highest BCUT2D eigenvalue weighted by Crippen LogP contribution is 2.53. The van der Waals surface area contributed by atoms with E-state index in [0.717, 1.165) is 24.2 Å². The van der Waals surface area contributed by atoms with Gasteiger partial charge in [0.2, 0.25) is 5.78 Å². The minimum Gasteiger partial charge on any atom is -0.510 e. The number of benzene rings is 2. The van der Waals surface area contributed by atoms with Crippen molar-refractivity contribution in [3.63, 3.8) is 0 Å². The minimum absolute atomic E-state index is 0.00899. The second kappa shape index (κ2) is 11.3. The van der Waals surface area contributed by atoms with Gasteiger partial charge in [-0.25, -0.2) is 0 Å². The van der Waals surface area contributed by atoms with Crippen LogP contribution < -0.4 is 10.5 Å². The smallest absolute Gasteiger partial charge is 0.255 e. The summed E-state index contributed by atoms with van der Waals surface area (Å²) in [6.45, 7) is 3.62. The lowest BCUT2D eigenvalue weighted by Crippen LogP contribution is -2.63. The van der Waals surface area contributed by atoms with Crippen LogP contribution in [0.2, 0.25) is 0 Å². The molecule has 0 aromatic heterocycles. The van der Waals surface area contributed by atoms with E-state index in [9.17, 15) is 34.8 Å². The molecule has 0 bridgehead atoms. The quantitative estimate of drug-likeness (QED) is 0.296. The number of phenolic OH excluding ortho intramolecular Hbond substituents is 1. The third-order valence-electron chi connectivity index (χ3n) is 9.67. The van der Waals surface area contributed by atoms with Crippen LogP contribution >= 0.6 is 0 Å². The summed E-state index contributed by atoms with van der Waals surface area (Å²) in [7, 11) is 4.75. The van der Waals surface area contributed by atoms with E-state index in [0.29, 0.717) is 36.6 Å². The van der Waals surface area contributed by atoms with Gasteiger partial charge in [-0.15, -0.1) is 0 Å². The molecule has 1 saturated heterocycles. The number of nitrogens with zero attached hydrogens (tertiary/aromatic N) is 2. The number of ether oxygens (including phenoxy) is 2. The number of methoxy groups -OCH3 is 1.